The Morgan fingerprint density at radius 3 is 2.48 bits per heavy atom. The van der Waals surface area contributed by atoms with Gasteiger partial charge in [0, 0.05) is 39.0 Å². The second kappa shape index (κ2) is 14.7. The maximum atomic E-state index is 4.46. The van der Waals surface area contributed by atoms with Gasteiger partial charge in [-0.3, -0.25) is 4.99 Å². The number of anilines is 2. The van der Waals surface area contributed by atoms with Gasteiger partial charge in [-0.1, -0.05) is 34.6 Å². The first-order chi connectivity index (χ1) is 13.2. The summed E-state index contributed by atoms with van der Waals surface area (Å²) in [6, 6.07) is 0. The average Bonchev–Trinajstić information content (AvgIpc) is 3.14. The summed E-state index contributed by atoms with van der Waals surface area (Å²) in [4.78, 5) is 17.6. The van der Waals surface area contributed by atoms with Crippen LogP contribution in [-0.4, -0.2) is 39.3 Å². The third kappa shape index (κ3) is 8.19. The molecule has 0 aromatic carbocycles. The lowest BCUT2D eigenvalue weighted by Gasteiger charge is -2.10. The van der Waals surface area contributed by atoms with Crippen LogP contribution < -0.4 is 10.6 Å². The number of rotatable bonds is 8. The Bertz CT molecular complexity index is 662. The average molecular weight is 376 g/mol. The van der Waals surface area contributed by atoms with Crippen LogP contribution in [0.2, 0.25) is 0 Å². The van der Waals surface area contributed by atoms with Gasteiger partial charge in [0.1, 0.15) is 5.69 Å². The highest BCUT2D eigenvalue weighted by molar-refractivity contribution is 5.71. The first-order valence-corrected chi connectivity index (χ1v) is 9.97. The van der Waals surface area contributed by atoms with Crippen molar-refractivity contribution in [1.82, 2.24) is 19.5 Å². The molecule has 0 saturated heterocycles. The maximum absolute atomic E-state index is 4.46. The number of hydrogen-bond donors (Lipinski definition) is 2. The summed E-state index contributed by atoms with van der Waals surface area (Å²) in [6.45, 7) is 15.7. The van der Waals surface area contributed by atoms with Crippen molar-refractivity contribution in [3.05, 3.63) is 23.9 Å². The lowest BCUT2D eigenvalue weighted by Crippen LogP contribution is -2.10. The first-order valence-electron chi connectivity index (χ1n) is 9.97. The van der Waals surface area contributed by atoms with E-state index in [9.17, 15) is 0 Å². The van der Waals surface area contributed by atoms with Crippen molar-refractivity contribution in [3.8, 4) is 0 Å². The van der Waals surface area contributed by atoms with E-state index < -0.39 is 0 Å². The molecule has 152 valence electrons. The molecule has 2 N–H and O–H groups in total. The molecule has 7 heteroatoms. The van der Waals surface area contributed by atoms with Crippen LogP contribution in [0.4, 0.5) is 17.5 Å². The van der Waals surface area contributed by atoms with Gasteiger partial charge in [0.25, 0.3) is 0 Å². The van der Waals surface area contributed by atoms with Crippen LogP contribution in [0, 0.1) is 6.92 Å². The Balaban J connectivity index is 0.00000158. The van der Waals surface area contributed by atoms with Crippen LogP contribution in [0.15, 0.2) is 17.5 Å². The SMILES string of the molecule is CC.CC.CC=Nc1c(C)nc(NCCc2cn(CCC)cn2)nc1NC. The Hall–Kier alpha value is -2.44. The van der Waals surface area contributed by atoms with E-state index in [1.54, 1.807) is 6.21 Å². The van der Waals surface area contributed by atoms with Crippen LogP contribution in [0.1, 0.15) is 59.4 Å². The van der Waals surface area contributed by atoms with Gasteiger partial charge in [-0.25, -0.2) is 9.97 Å². The molecule has 2 heterocycles. The predicted octanol–water partition coefficient (Wildman–Crippen LogP) is 4.86. The molecule has 2 rings (SSSR count). The van der Waals surface area contributed by atoms with Crippen LogP contribution in [-0.2, 0) is 13.0 Å². The fourth-order valence-electron chi connectivity index (χ4n) is 2.32. The minimum atomic E-state index is 0.606. The van der Waals surface area contributed by atoms with E-state index in [-0.39, 0.29) is 0 Å². The van der Waals surface area contributed by atoms with Gasteiger partial charge in [0.05, 0.1) is 17.7 Å². The molecule has 0 fully saturated rings. The first kappa shape index (κ1) is 24.6. The maximum Gasteiger partial charge on any atom is 0.225 e. The van der Waals surface area contributed by atoms with Crippen LogP contribution >= 0.6 is 0 Å². The zero-order valence-electron chi connectivity index (χ0n) is 18.3. The van der Waals surface area contributed by atoms with Gasteiger partial charge in [-0.15, -0.1) is 0 Å². The Morgan fingerprint density at radius 2 is 1.89 bits per heavy atom. The fourth-order valence-corrected chi connectivity index (χ4v) is 2.32. The smallest absolute Gasteiger partial charge is 0.225 e. The lowest BCUT2D eigenvalue weighted by atomic mass is 10.3. The molecule has 0 unspecified atom stereocenters. The number of nitrogens with one attached hydrogen (secondary N) is 2. The van der Waals surface area contributed by atoms with Crippen molar-refractivity contribution >= 4 is 23.7 Å². The predicted molar refractivity (Wildman–Crippen MR) is 118 cm³/mol. The minimum absolute atomic E-state index is 0.606. The van der Waals surface area contributed by atoms with E-state index in [2.05, 4.69) is 48.3 Å². The van der Waals surface area contributed by atoms with Gasteiger partial charge in [-0.2, -0.15) is 4.98 Å². The van der Waals surface area contributed by atoms with Gasteiger partial charge >= 0.3 is 0 Å². The van der Waals surface area contributed by atoms with Gasteiger partial charge in [0.2, 0.25) is 5.95 Å². The third-order valence-electron chi connectivity index (χ3n) is 3.39. The summed E-state index contributed by atoms with van der Waals surface area (Å²) >= 11 is 0. The van der Waals surface area contributed by atoms with Crippen molar-refractivity contribution < 1.29 is 0 Å². The van der Waals surface area contributed by atoms with Gasteiger partial charge in [0.15, 0.2) is 5.82 Å². The van der Waals surface area contributed by atoms with Crippen molar-refractivity contribution in [1.29, 1.82) is 0 Å². The number of aromatic nitrogens is 4. The van der Waals surface area contributed by atoms with Crippen LogP contribution in [0.5, 0.6) is 0 Å². The van der Waals surface area contributed by atoms with E-state index in [0.29, 0.717) is 5.95 Å². The number of hydrogen-bond acceptors (Lipinski definition) is 6. The molecule has 0 bridgehead atoms. The fraction of sp³-hybridized carbons (Fsp3) is 0.600. The molecular weight excluding hydrogens is 338 g/mol. The summed E-state index contributed by atoms with van der Waals surface area (Å²) in [7, 11) is 1.83. The zero-order chi connectivity index (χ0) is 20.7. The zero-order valence-corrected chi connectivity index (χ0v) is 18.3. The molecule has 0 aliphatic rings. The molecule has 0 aliphatic carbocycles. The van der Waals surface area contributed by atoms with Crippen molar-refractivity contribution in [2.45, 2.75) is 67.9 Å². The summed E-state index contributed by atoms with van der Waals surface area (Å²) in [5.74, 6) is 1.33. The molecule has 27 heavy (non-hydrogen) atoms. The number of aliphatic imine (C=N–C) groups is 1. The van der Waals surface area contributed by atoms with E-state index >= 15 is 0 Å². The van der Waals surface area contributed by atoms with E-state index in [0.717, 1.165) is 48.8 Å². The Kier molecular flexibility index (Phi) is 13.4. The number of aryl methyl sites for hydroxylation is 2. The standard InChI is InChI=1S/C16H25N7.2C2H6/c1-5-9-23-10-13(20-11-23)7-8-19-16-21-12(3)14(18-6-2)15(17-4)22-16;2*1-2/h6,10-11H,5,7-9H2,1-4H3,(H2,17,19,21,22);2*1-2H3. The van der Waals surface area contributed by atoms with Gasteiger partial charge in [-0.05, 0) is 20.3 Å². The topological polar surface area (TPSA) is 80.0 Å². The molecule has 2 aromatic heterocycles. The van der Waals surface area contributed by atoms with Crippen molar-refractivity contribution in [2.24, 2.45) is 4.99 Å². The summed E-state index contributed by atoms with van der Waals surface area (Å²) in [6.07, 6.45) is 7.67. The molecule has 2 aromatic rings. The molecule has 0 radical (unpaired) electrons. The molecule has 0 amide bonds. The van der Waals surface area contributed by atoms with Crippen molar-refractivity contribution in [3.63, 3.8) is 0 Å². The molecule has 0 aliphatic heterocycles. The Morgan fingerprint density at radius 1 is 1.19 bits per heavy atom. The lowest BCUT2D eigenvalue weighted by molar-refractivity contribution is 0.677. The van der Waals surface area contributed by atoms with Crippen LogP contribution in [0.25, 0.3) is 0 Å². The number of nitrogens with zero attached hydrogens (tertiary/aromatic N) is 5. The molecule has 0 atom stereocenters. The van der Waals surface area contributed by atoms with Crippen molar-refractivity contribution in [2.75, 3.05) is 24.2 Å². The summed E-state index contributed by atoms with van der Waals surface area (Å²) < 4.78 is 2.12. The highest BCUT2D eigenvalue weighted by Crippen LogP contribution is 2.26. The normalized spacial score (nSPS) is 9.93. The quantitative estimate of drug-likeness (QED) is 0.644. The molecule has 0 spiro atoms. The molecule has 0 saturated carbocycles. The second-order valence-electron chi connectivity index (χ2n) is 5.25. The van der Waals surface area contributed by atoms with E-state index in [1.165, 1.54) is 0 Å². The highest BCUT2D eigenvalue weighted by Gasteiger charge is 2.09. The second-order valence-corrected chi connectivity index (χ2v) is 5.25. The monoisotopic (exact) mass is 375 g/mol. The third-order valence-corrected chi connectivity index (χ3v) is 3.39. The van der Waals surface area contributed by atoms with Crippen LogP contribution in [0.3, 0.4) is 0 Å². The summed E-state index contributed by atoms with van der Waals surface area (Å²) in [5.41, 5.74) is 2.69. The van der Waals surface area contributed by atoms with E-state index in [1.807, 2.05) is 54.9 Å². The minimum Gasteiger partial charge on any atom is -0.371 e. The van der Waals surface area contributed by atoms with Gasteiger partial charge < -0.3 is 15.2 Å². The Labute approximate surface area is 164 Å². The summed E-state index contributed by atoms with van der Waals surface area (Å²) in [5, 5.41) is 6.32. The highest BCUT2D eigenvalue weighted by atomic mass is 15.2. The molecular formula is C20H37N7. The number of imidazole rings is 1. The largest absolute Gasteiger partial charge is 0.371 e. The van der Waals surface area contributed by atoms with E-state index in [4.69, 9.17) is 0 Å². The molecule has 7 nitrogen and oxygen atoms in total.